The first-order chi connectivity index (χ1) is 6.33. The summed E-state index contributed by atoms with van der Waals surface area (Å²) in [5, 5.41) is 1.32. The summed E-state index contributed by atoms with van der Waals surface area (Å²) >= 11 is 0. The van der Waals surface area contributed by atoms with Crippen molar-refractivity contribution < 1.29 is 0 Å². The molecule has 0 unspecified atom stereocenters. The van der Waals surface area contributed by atoms with Crippen LogP contribution in [0, 0.1) is 0 Å². The average Bonchev–Trinajstić information content (AvgIpc) is 2.50. The van der Waals surface area contributed by atoms with Crippen molar-refractivity contribution in [1.29, 1.82) is 0 Å². The Kier molecular flexibility index (Phi) is 1.93. The summed E-state index contributed by atoms with van der Waals surface area (Å²) in [4.78, 5) is 0. The van der Waals surface area contributed by atoms with Gasteiger partial charge in [-0.1, -0.05) is 24.3 Å². The van der Waals surface area contributed by atoms with Crippen LogP contribution in [-0.4, -0.2) is 4.57 Å². The van der Waals surface area contributed by atoms with E-state index in [1.807, 2.05) is 6.92 Å². The molecule has 13 heavy (non-hydrogen) atoms. The summed E-state index contributed by atoms with van der Waals surface area (Å²) in [6.45, 7) is 2.04. The summed E-state index contributed by atoms with van der Waals surface area (Å²) < 4.78 is 2.14. The number of nitrogens with zero attached hydrogens (tertiary/aromatic N) is 1. The van der Waals surface area contributed by atoms with E-state index in [9.17, 15) is 0 Å². The van der Waals surface area contributed by atoms with E-state index in [4.69, 9.17) is 0 Å². The first-order valence-electron chi connectivity index (χ1n) is 4.49. The van der Waals surface area contributed by atoms with Crippen LogP contribution in [0.3, 0.4) is 0 Å². The minimum absolute atomic E-state index is 1.29. The zero-order valence-corrected chi connectivity index (χ0v) is 7.99. The summed E-state index contributed by atoms with van der Waals surface area (Å²) in [6.07, 6.45) is 6.31. The molecule has 0 radical (unpaired) electrons. The van der Waals surface area contributed by atoms with Gasteiger partial charge in [0.15, 0.2) is 0 Å². The SMILES string of the molecule is CC=Cc1cccc2c1ccn2C. The van der Waals surface area contributed by atoms with Gasteiger partial charge in [-0.25, -0.2) is 0 Å². The summed E-state index contributed by atoms with van der Waals surface area (Å²) in [6, 6.07) is 8.53. The highest BCUT2D eigenvalue weighted by Crippen LogP contribution is 2.20. The van der Waals surface area contributed by atoms with Crippen LogP contribution in [0.25, 0.3) is 17.0 Å². The molecule has 66 valence electrons. The molecule has 1 heterocycles. The number of aromatic nitrogens is 1. The Morgan fingerprint density at radius 2 is 2.08 bits per heavy atom. The Labute approximate surface area is 78.3 Å². The molecular weight excluding hydrogens is 158 g/mol. The van der Waals surface area contributed by atoms with Crippen LogP contribution >= 0.6 is 0 Å². The number of rotatable bonds is 1. The number of allylic oxidation sites excluding steroid dienone is 1. The van der Waals surface area contributed by atoms with Crippen molar-refractivity contribution in [2.24, 2.45) is 7.05 Å². The standard InChI is InChI=1S/C12H13N/c1-3-5-10-6-4-7-12-11(10)8-9-13(12)2/h3-9H,1-2H3. The van der Waals surface area contributed by atoms with Crippen molar-refractivity contribution in [2.75, 3.05) is 0 Å². The lowest BCUT2D eigenvalue weighted by Gasteiger charge is -1.98. The van der Waals surface area contributed by atoms with Gasteiger partial charge in [-0.05, 0) is 24.6 Å². The third kappa shape index (κ3) is 1.26. The van der Waals surface area contributed by atoms with Crippen molar-refractivity contribution in [2.45, 2.75) is 6.92 Å². The molecule has 2 rings (SSSR count). The van der Waals surface area contributed by atoms with E-state index >= 15 is 0 Å². The molecule has 2 aromatic rings. The molecule has 0 N–H and O–H groups in total. The zero-order chi connectivity index (χ0) is 9.26. The summed E-state index contributed by atoms with van der Waals surface area (Å²) in [5.41, 5.74) is 2.58. The van der Waals surface area contributed by atoms with Crippen LogP contribution in [0.1, 0.15) is 12.5 Å². The number of aryl methyl sites for hydroxylation is 1. The van der Waals surface area contributed by atoms with Gasteiger partial charge < -0.3 is 4.57 Å². The minimum Gasteiger partial charge on any atom is -0.351 e. The largest absolute Gasteiger partial charge is 0.351 e. The Balaban J connectivity index is 2.76. The topological polar surface area (TPSA) is 4.93 Å². The smallest absolute Gasteiger partial charge is 0.0483 e. The van der Waals surface area contributed by atoms with Crippen LogP contribution in [0.15, 0.2) is 36.5 Å². The van der Waals surface area contributed by atoms with Crippen LogP contribution < -0.4 is 0 Å². The van der Waals surface area contributed by atoms with Gasteiger partial charge >= 0.3 is 0 Å². The van der Waals surface area contributed by atoms with Gasteiger partial charge in [-0.15, -0.1) is 0 Å². The van der Waals surface area contributed by atoms with Gasteiger partial charge in [0, 0.05) is 24.1 Å². The highest BCUT2D eigenvalue weighted by molar-refractivity contribution is 5.88. The number of benzene rings is 1. The fourth-order valence-electron chi connectivity index (χ4n) is 1.65. The third-order valence-electron chi connectivity index (χ3n) is 2.31. The molecule has 0 spiro atoms. The predicted molar refractivity (Wildman–Crippen MR) is 57.6 cm³/mol. The highest BCUT2D eigenvalue weighted by Gasteiger charge is 1.99. The van der Waals surface area contributed by atoms with Gasteiger partial charge in [0.2, 0.25) is 0 Å². The van der Waals surface area contributed by atoms with Gasteiger partial charge in [0.25, 0.3) is 0 Å². The average molecular weight is 171 g/mol. The van der Waals surface area contributed by atoms with Crippen LogP contribution in [0.4, 0.5) is 0 Å². The predicted octanol–water partition coefficient (Wildman–Crippen LogP) is 3.21. The first kappa shape index (κ1) is 8.11. The molecule has 0 fully saturated rings. The van der Waals surface area contributed by atoms with Crippen molar-refractivity contribution in [3.8, 4) is 0 Å². The highest BCUT2D eigenvalue weighted by atomic mass is 14.9. The second-order valence-corrected chi connectivity index (χ2v) is 3.21. The van der Waals surface area contributed by atoms with Crippen molar-refractivity contribution in [3.63, 3.8) is 0 Å². The molecule has 0 atom stereocenters. The van der Waals surface area contributed by atoms with Crippen molar-refractivity contribution in [1.82, 2.24) is 4.57 Å². The van der Waals surface area contributed by atoms with Crippen molar-refractivity contribution in [3.05, 3.63) is 42.1 Å². The molecule has 1 heteroatoms. The molecule has 0 aliphatic rings. The second kappa shape index (κ2) is 3.09. The molecule has 0 saturated heterocycles. The van der Waals surface area contributed by atoms with E-state index in [1.165, 1.54) is 16.5 Å². The van der Waals surface area contributed by atoms with Gasteiger partial charge in [0.05, 0.1) is 0 Å². The van der Waals surface area contributed by atoms with E-state index in [1.54, 1.807) is 0 Å². The Morgan fingerprint density at radius 1 is 1.23 bits per heavy atom. The molecular formula is C12H13N. The Hall–Kier alpha value is -1.50. The Morgan fingerprint density at radius 3 is 2.85 bits per heavy atom. The third-order valence-corrected chi connectivity index (χ3v) is 2.31. The molecule has 1 aromatic heterocycles. The Bertz CT molecular complexity index is 449. The van der Waals surface area contributed by atoms with E-state index < -0.39 is 0 Å². The normalized spacial score (nSPS) is 11.5. The number of hydrogen-bond donors (Lipinski definition) is 0. The van der Waals surface area contributed by atoms with E-state index in [0.29, 0.717) is 0 Å². The van der Waals surface area contributed by atoms with Gasteiger partial charge in [-0.3, -0.25) is 0 Å². The summed E-state index contributed by atoms with van der Waals surface area (Å²) in [7, 11) is 2.07. The lowest BCUT2D eigenvalue weighted by molar-refractivity contribution is 0.969. The van der Waals surface area contributed by atoms with Crippen LogP contribution in [0.5, 0.6) is 0 Å². The number of fused-ring (bicyclic) bond motifs is 1. The quantitative estimate of drug-likeness (QED) is 0.621. The minimum atomic E-state index is 1.29. The molecule has 0 aliphatic carbocycles. The first-order valence-corrected chi connectivity index (χ1v) is 4.49. The molecule has 0 aliphatic heterocycles. The monoisotopic (exact) mass is 171 g/mol. The fraction of sp³-hybridized carbons (Fsp3) is 0.167. The lowest BCUT2D eigenvalue weighted by Crippen LogP contribution is -1.83. The van der Waals surface area contributed by atoms with Crippen LogP contribution in [-0.2, 0) is 7.05 Å². The van der Waals surface area contributed by atoms with Gasteiger partial charge in [-0.2, -0.15) is 0 Å². The molecule has 0 amide bonds. The van der Waals surface area contributed by atoms with Crippen molar-refractivity contribution >= 4 is 17.0 Å². The maximum atomic E-state index is 2.16. The number of hydrogen-bond acceptors (Lipinski definition) is 0. The molecule has 1 aromatic carbocycles. The van der Waals surface area contributed by atoms with Gasteiger partial charge in [0.1, 0.15) is 0 Å². The van der Waals surface area contributed by atoms with E-state index in [-0.39, 0.29) is 0 Å². The fourth-order valence-corrected chi connectivity index (χ4v) is 1.65. The maximum absolute atomic E-state index is 2.16. The second-order valence-electron chi connectivity index (χ2n) is 3.21. The zero-order valence-electron chi connectivity index (χ0n) is 7.99. The summed E-state index contributed by atoms with van der Waals surface area (Å²) in [5.74, 6) is 0. The lowest BCUT2D eigenvalue weighted by atomic mass is 10.1. The van der Waals surface area contributed by atoms with E-state index in [2.05, 4.69) is 54.2 Å². The van der Waals surface area contributed by atoms with E-state index in [0.717, 1.165) is 0 Å². The molecule has 0 saturated carbocycles. The maximum Gasteiger partial charge on any atom is 0.0483 e. The molecule has 0 bridgehead atoms. The van der Waals surface area contributed by atoms with Crippen LogP contribution in [0.2, 0.25) is 0 Å². The molecule has 1 nitrogen and oxygen atoms in total.